The molecule has 0 amide bonds. The predicted molar refractivity (Wildman–Crippen MR) is 143 cm³/mol. The molecule has 38 heavy (non-hydrogen) atoms. The smallest absolute Gasteiger partial charge is 0.269 e. The van der Waals surface area contributed by atoms with Crippen LogP contribution in [0.1, 0.15) is 34.3 Å². The summed E-state index contributed by atoms with van der Waals surface area (Å²) in [6.07, 6.45) is 2.96. The van der Waals surface area contributed by atoms with Gasteiger partial charge in [0.05, 0.1) is 9.85 Å². The van der Waals surface area contributed by atoms with Crippen molar-refractivity contribution in [1.29, 1.82) is 0 Å². The number of non-ortho nitro benzene ring substituents is 2. The minimum atomic E-state index is -0.751. The van der Waals surface area contributed by atoms with Crippen molar-refractivity contribution in [1.82, 2.24) is 0 Å². The van der Waals surface area contributed by atoms with E-state index in [2.05, 4.69) is 0 Å². The monoisotopic (exact) mass is 510 g/mol. The van der Waals surface area contributed by atoms with Crippen molar-refractivity contribution in [3.63, 3.8) is 0 Å². The average molecular weight is 511 g/mol. The Morgan fingerprint density at radius 2 is 0.921 bits per heavy atom. The third-order valence-corrected chi connectivity index (χ3v) is 5.81. The molecule has 10 nitrogen and oxygen atoms in total. The molecular weight excluding hydrogens is 488 g/mol. The van der Waals surface area contributed by atoms with Gasteiger partial charge in [-0.05, 0) is 59.7 Å². The molecule has 4 aromatic rings. The van der Waals surface area contributed by atoms with E-state index in [0.717, 1.165) is 0 Å². The van der Waals surface area contributed by atoms with E-state index in [1.807, 2.05) is 0 Å². The first-order valence-corrected chi connectivity index (χ1v) is 11.4. The maximum atomic E-state index is 11.2. The second-order valence-corrected chi connectivity index (χ2v) is 8.26. The zero-order valence-electron chi connectivity index (χ0n) is 19.9. The lowest BCUT2D eigenvalue weighted by molar-refractivity contribution is -0.385. The molecule has 10 heteroatoms. The molecule has 0 spiro atoms. The molecule has 0 aliphatic heterocycles. The van der Waals surface area contributed by atoms with Crippen LogP contribution in [0.25, 0.3) is 0 Å². The standard InChI is InChI=1S/C28H22N4O6/c33-25-7-3-1-5-21(25)17-29-27(19-9-13-23(14-10-19)31(35)36)28(20-11-15-24(16-12-20)32(37)38)30-18-22-6-2-4-8-26(22)34/h1-18,27-28,33-34H/t27-,28+. The fourth-order valence-corrected chi connectivity index (χ4v) is 3.80. The van der Waals surface area contributed by atoms with Crippen LogP contribution in [-0.2, 0) is 0 Å². The summed E-state index contributed by atoms with van der Waals surface area (Å²) < 4.78 is 0. The van der Waals surface area contributed by atoms with Crippen LogP contribution in [0.4, 0.5) is 11.4 Å². The maximum Gasteiger partial charge on any atom is 0.269 e. The zero-order chi connectivity index (χ0) is 27.1. The first-order chi connectivity index (χ1) is 18.3. The highest BCUT2D eigenvalue weighted by molar-refractivity contribution is 5.84. The normalized spacial score (nSPS) is 12.9. The van der Waals surface area contributed by atoms with Crippen molar-refractivity contribution in [2.75, 3.05) is 0 Å². The number of aliphatic imine (C=N–C) groups is 2. The lowest BCUT2D eigenvalue weighted by atomic mass is 9.93. The Labute approximate surface area is 217 Å². The lowest BCUT2D eigenvalue weighted by Crippen LogP contribution is -2.10. The number of aromatic hydroxyl groups is 2. The summed E-state index contributed by atoms with van der Waals surface area (Å²) in [7, 11) is 0. The lowest BCUT2D eigenvalue weighted by Gasteiger charge is -2.22. The summed E-state index contributed by atoms with van der Waals surface area (Å²) >= 11 is 0. The Morgan fingerprint density at radius 1 is 0.579 bits per heavy atom. The van der Waals surface area contributed by atoms with Crippen LogP contribution in [0.2, 0.25) is 0 Å². The minimum absolute atomic E-state index is 0.0169. The summed E-state index contributed by atoms with van der Waals surface area (Å²) in [5.74, 6) is 0.0339. The molecule has 0 fully saturated rings. The third-order valence-electron chi connectivity index (χ3n) is 5.81. The molecule has 0 aliphatic carbocycles. The second kappa shape index (κ2) is 11.6. The number of phenols is 2. The van der Waals surface area contributed by atoms with E-state index in [4.69, 9.17) is 9.98 Å². The maximum absolute atomic E-state index is 11.2. The quantitative estimate of drug-likeness (QED) is 0.162. The van der Waals surface area contributed by atoms with Crippen LogP contribution in [0.3, 0.4) is 0 Å². The highest BCUT2D eigenvalue weighted by Crippen LogP contribution is 2.37. The van der Waals surface area contributed by atoms with Gasteiger partial charge >= 0.3 is 0 Å². The Kier molecular flexibility index (Phi) is 7.83. The van der Waals surface area contributed by atoms with Crippen LogP contribution in [0.5, 0.6) is 11.5 Å². The molecule has 4 aromatic carbocycles. The van der Waals surface area contributed by atoms with Crippen molar-refractivity contribution >= 4 is 23.8 Å². The first-order valence-electron chi connectivity index (χ1n) is 11.4. The van der Waals surface area contributed by atoms with Crippen molar-refractivity contribution in [3.05, 3.63) is 140 Å². The number of hydrogen-bond donors (Lipinski definition) is 2. The number of phenolic OH excluding ortho intramolecular Hbond substituents is 2. The topological polar surface area (TPSA) is 151 Å². The summed E-state index contributed by atoms with van der Waals surface area (Å²) in [5.41, 5.74) is 1.88. The first kappa shape index (κ1) is 25.7. The molecule has 0 aromatic heterocycles. The summed E-state index contributed by atoms with van der Waals surface area (Å²) in [4.78, 5) is 30.8. The summed E-state index contributed by atoms with van der Waals surface area (Å²) in [6, 6.07) is 23.4. The number of benzene rings is 4. The van der Waals surface area contributed by atoms with Crippen LogP contribution < -0.4 is 0 Å². The number of nitro groups is 2. The Bertz CT molecular complexity index is 1390. The molecule has 2 N–H and O–H groups in total. The van der Waals surface area contributed by atoms with E-state index in [1.165, 1.54) is 48.8 Å². The van der Waals surface area contributed by atoms with Gasteiger partial charge in [-0.1, -0.05) is 24.3 Å². The number of hydrogen-bond acceptors (Lipinski definition) is 8. The molecule has 0 bridgehead atoms. The van der Waals surface area contributed by atoms with Crippen molar-refractivity contribution in [2.45, 2.75) is 12.1 Å². The van der Waals surface area contributed by atoms with Gasteiger partial charge < -0.3 is 10.2 Å². The average Bonchev–Trinajstić information content (AvgIpc) is 2.92. The van der Waals surface area contributed by atoms with E-state index in [-0.39, 0.29) is 22.9 Å². The molecule has 4 rings (SSSR count). The number of nitro benzene ring substituents is 2. The molecule has 0 heterocycles. The van der Waals surface area contributed by atoms with E-state index < -0.39 is 21.9 Å². The zero-order valence-corrected chi connectivity index (χ0v) is 19.9. The third kappa shape index (κ3) is 6.05. The van der Waals surface area contributed by atoms with Gasteiger partial charge in [-0.3, -0.25) is 30.2 Å². The van der Waals surface area contributed by atoms with Gasteiger partial charge in [-0.2, -0.15) is 0 Å². The van der Waals surface area contributed by atoms with E-state index in [9.17, 15) is 30.4 Å². The summed E-state index contributed by atoms with van der Waals surface area (Å²) in [5, 5.41) is 42.9. The molecule has 0 saturated heterocycles. The molecule has 0 aliphatic rings. The fourth-order valence-electron chi connectivity index (χ4n) is 3.80. The van der Waals surface area contributed by atoms with Crippen LogP contribution in [0.15, 0.2) is 107 Å². The van der Waals surface area contributed by atoms with Crippen LogP contribution >= 0.6 is 0 Å². The molecule has 0 unspecified atom stereocenters. The molecule has 190 valence electrons. The largest absolute Gasteiger partial charge is 0.507 e. The van der Waals surface area contributed by atoms with Crippen molar-refractivity contribution < 1.29 is 20.1 Å². The second-order valence-electron chi connectivity index (χ2n) is 8.26. The fraction of sp³-hybridized carbons (Fsp3) is 0.0714. The SMILES string of the molecule is O=[N+]([O-])c1ccc([C@@H](N=Cc2ccccc2O)[C@@H](N=Cc2ccccc2O)c2ccc([N+](=O)[O-])cc2)cc1. The molecule has 0 radical (unpaired) electrons. The van der Waals surface area contributed by atoms with Crippen molar-refractivity contribution in [2.24, 2.45) is 9.98 Å². The minimum Gasteiger partial charge on any atom is -0.507 e. The van der Waals surface area contributed by atoms with Gasteiger partial charge in [0, 0.05) is 47.8 Å². The highest BCUT2D eigenvalue weighted by atomic mass is 16.6. The van der Waals surface area contributed by atoms with Gasteiger partial charge in [-0.15, -0.1) is 0 Å². The van der Waals surface area contributed by atoms with Crippen LogP contribution in [-0.4, -0.2) is 32.5 Å². The number of rotatable bonds is 9. The Hall–Kier alpha value is -5.38. The number of para-hydroxylation sites is 2. The summed E-state index contributed by atoms with van der Waals surface area (Å²) in [6.45, 7) is 0. The molecule has 0 saturated carbocycles. The van der Waals surface area contributed by atoms with E-state index in [1.54, 1.807) is 60.7 Å². The van der Waals surface area contributed by atoms with Gasteiger partial charge in [0.15, 0.2) is 0 Å². The van der Waals surface area contributed by atoms with Crippen molar-refractivity contribution in [3.8, 4) is 11.5 Å². The van der Waals surface area contributed by atoms with E-state index >= 15 is 0 Å². The Morgan fingerprint density at radius 3 is 1.24 bits per heavy atom. The van der Waals surface area contributed by atoms with Gasteiger partial charge in [-0.25, -0.2) is 0 Å². The number of nitrogens with zero attached hydrogens (tertiary/aromatic N) is 4. The van der Waals surface area contributed by atoms with Gasteiger partial charge in [0.1, 0.15) is 23.6 Å². The van der Waals surface area contributed by atoms with Crippen LogP contribution in [0, 0.1) is 20.2 Å². The molecular formula is C28H22N4O6. The van der Waals surface area contributed by atoms with E-state index in [0.29, 0.717) is 22.3 Å². The predicted octanol–water partition coefficient (Wildman–Crippen LogP) is 5.93. The Balaban J connectivity index is 1.85. The molecule has 2 atom stereocenters. The highest BCUT2D eigenvalue weighted by Gasteiger charge is 2.25. The van der Waals surface area contributed by atoms with Gasteiger partial charge in [0.2, 0.25) is 0 Å². The van der Waals surface area contributed by atoms with Gasteiger partial charge in [0.25, 0.3) is 11.4 Å².